The average Bonchev–Trinajstić information content (AvgIpc) is 3.28. The largest absolute Gasteiger partial charge is 0.458 e. The molecule has 71 heavy (non-hydrogen) atoms. The molecule has 0 aliphatic carbocycles. The summed E-state index contributed by atoms with van der Waals surface area (Å²) in [5.41, 5.74) is 9.64. The lowest BCUT2D eigenvalue weighted by Crippen LogP contribution is -2.61. The normalized spacial score (nSPS) is 27.2. The van der Waals surface area contributed by atoms with Gasteiger partial charge in [-0.3, -0.25) is 52.9 Å². The summed E-state index contributed by atoms with van der Waals surface area (Å²) in [4.78, 5) is 162. The number of allylic oxidation sites excluding steroid dienone is 1. The zero-order valence-corrected chi connectivity index (χ0v) is 40.4. The maximum absolute atomic E-state index is 13.7. The van der Waals surface area contributed by atoms with Crippen molar-refractivity contribution in [1.29, 1.82) is 0 Å². The van der Waals surface area contributed by atoms with Gasteiger partial charge in [0, 0.05) is 26.5 Å². The van der Waals surface area contributed by atoms with E-state index in [1.807, 2.05) is 0 Å². The highest BCUT2D eigenvalue weighted by atomic mass is 16.5. The lowest BCUT2D eigenvalue weighted by Gasteiger charge is -2.29. The molecule has 1 heterocycles. The summed E-state index contributed by atoms with van der Waals surface area (Å²) < 4.78 is 5.52. The van der Waals surface area contributed by atoms with Crippen molar-refractivity contribution in [2.45, 2.75) is 147 Å². The molecule has 1 aliphatic heterocycles. The molecule has 1 rings (SSSR count). The predicted octanol–water partition coefficient (Wildman–Crippen LogP) is -7.30. The molecule has 10 amide bonds. The molecular formula is C42H67N13O16. The van der Waals surface area contributed by atoms with Crippen molar-refractivity contribution >= 4 is 77.3 Å². The molecule has 0 bridgehead atoms. The number of carbonyl (C=O) groups excluding carboxylic acids is 12. The van der Waals surface area contributed by atoms with E-state index in [9.17, 15) is 72.9 Å². The fourth-order valence-corrected chi connectivity index (χ4v) is 6.22. The zero-order valence-electron chi connectivity index (χ0n) is 40.4. The Morgan fingerprint density at radius 1 is 0.718 bits per heavy atom. The van der Waals surface area contributed by atoms with Crippen molar-refractivity contribution in [1.82, 2.24) is 53.2 Å². The molecule has 1 aliphatic rings. The van der Waals surface area contributed by atoms with Crippen LogP contribution >= 0.6 is 0 Å². The third kappa shape index (κ3) is 20.9. The van der Waals surface area contributed by atoms with E-state index < -0.39 is 156 Å². The van der Waals surface area contributed by atoms with Crippen molar-refractivity contribution in [3.05, 3.63) is 24.0 Å². The van der Waals surface area contributed by atoms with Crippen LogP contribution in [-0.4, -0.2) is 172 Å². The molecule has 0 spiro atoms. The summed E-state index contributed by atoms with van der Waals surface area (Å²) in [5.74, 6) is -12.3. The predicted molar refractivity (Wildman–Crippen MR) is 247 cm³/mol. The lowest BCUT2D eigenvalue weighted by molar-refractivity contribution is -0.156. The van der Waals surface area contributed by atoms with E-state index in [1.165, 1.54) is 20.8 Å². The Kier molecular flexibility index (Phi) is 26.1. The average molecular weight is 1010 g/mol. The molecule has 17 N–H and O–H groups in total. The van der Waals surface area contributed by atoms with E-state index in [0.29, 0.717) is 6.29 Å². The third-order valence-electron chi connectivity index (χ3n) is 10.2. The SMILES string of the molecule is C=C1NC(=O)C(C)NC(=O)/C(=C/C)NC(=O)C(CCO)NC(=O)C(CCC=O)NC(=O)C(C(C)O)NC(=O)C(C)NC(=O)C(NC(C)=O)C(C)OC(=O)C(CCCN=C(N)N)NC(=O)C(C(C)O)NC1=O. The van der Waals surface area contributed by atoms with Gasteiger partial charge in [-0.05, 0) is 67.2 Å². The fraction of sp³-hybridized carbons (Fsp3) is 0.595. The summed E-state index contributed by atoms with van der Waals surface area (Å²) in [7, 11) is 0. The molecule has 1 saturated heterocycles. The molecule has 11 atom stereocenters. The quantitative estimate of drug-likeness (QED) is 0.0216. The molecule has 396 valence electrons. The summed E-state index contributed by atoms with van der Waals surface area (Å²) in [6.45, 7) is 10.8. The van der Waals surface area contributed by atoms with Gasteiger partial charge in [0.25, 0.3) is 11.8 Å². The van der Waals surface area contributed by atoms with Crippen LogP contribution in [0.15, 0.2) is 29.0 Å². The molecule has 0 radical (unpaired) electrons. The number of rotatable bonds is 12. The number of aliphatic hydroxyl groups excluding tert-OH is 3. The van der Waals surface area contributed by atoms with Crippen LogP contribution in [0.25, 0.3) is 0 Å². The number of ether oxygens (including phenoxy) is 1. The number of guanidine groups is 1. The third-order valence-corrected chi connectivity index (χ3v) is 10.2. The Labute approximate surface area is 408 Å². The van der Waals surface area contributed by atoms with E-state index in [0.717, 1.165) is 33.8 Å². The Hall–Kier alpha value is -7.53. The Morgan fingerprint density at radius 3 is 1.80 bits per heavy atom. The van der Waals surface area contributed by atoms with E-state index in [1.54, 1.807) is 0 Å². The molecule has 0 aromatic carbocycles. The number of carbonyl (C=O) groups is 12. The molecular weight excluding hydrogens is 943 g/mol. The first kappa shape index (κ1) is 61.5. The molecule has 11 unspecified atom stereocenters. The monoisotopic (exact) mass is 1010 g/mol. The van der Waals surface area contributed by atoms with Gasteiger partial charge in [-0.1, -0.05) is 12.7 Å². The molecule has 0 aromatic heterocycles. The first-order valence-corrected chi connectivity index (χ1v) is 22.2. The number of nitrogens with one attached hydrogen (secondary N) is 10. The first-order chi connectivity index (χ1) is 33.2. The van der Waals surface area contributed by atoms with Crippen molar-refractivity contribution in [3.63, 3.8) is 0 Å². The summed E-state index contributed by atoms with van der Waals surface area (Å²) in [6.07, 6.45) is -4.76. The Bertz CT molecular complexity index is 2060. The van der Waals surface area contributed by atoms with Gasteiger partial charge in [-0.2, -0.15) is 0 Å². The van der Waals surface area contributed by atoms with E-state index in [2.05, 4.69) is 64.7 Å². The second-order valence-electron chi connectivity index (χ2n) is 16.2. The topological polar surface area (TPSA) is 459 Å². The number of amides is 10. The Morgan fingerprint density at radius 2 is 1.27 bits per heavy atom. The van der Waals surface area contributed by atoms with Gasteiger partial charge in [0.2, 0.25) is 47.3 Å². The number of nitrogens with two attached hydrogens (primary N) is 2. The highest BCUT2D eigenvalue weighted by Crippen LogP contribution is 2.10. The number of esters is 1. The van der Waals surface area contributed by atoms with E-state index in [4.69, 9.17) is 16.2 Å². The van der Waals surface area contributed by atoms with Crippen LogP contribution in [0.3, 0.4) is 0 Å². The summed E-state index contributed by atoms with van der Waals surface area (Å²) in [6, 6.07) is -13.2. The van der Waals surface area contributed by atoms with Gasteiger partial charge in [0.15, 0.2) is 5.96 Å². The summed E-state index contributed by atoms with van der Waals surface area (Å²) in [5, 5.41) is 53.4. The van der Waals surface area contributed by atoms with Crippen molar-refractivity contribution < 1.29 is 77.6 Å². The number of aliphatic imine (C=N–C) groups is 1. The number of hydrogen-bond acceptors (Lipinski definition) is 17. The molecule has 1 fully saturated rings. The van der Waals surface area contributed by atoms with Crippen LogP contribution in [-0.2, 0) is 62.3 Å². The van der Waals surface area contributed by atoms with Crippen LogP contribution in [0.5, 0.6) is 0 Å². The van der Waals surface area contributed by atoms with Gasteiger partial charge in [0.1, 0.15) is 66.4 Å². The number of cyclic esters (lactones) is 1. The number of nitrogens with zero attached hydrogens (tertiary/aromatic N) is 1. The zero-order chi connectivity index (χ0) is 54.3. The van der Waals surface area contributed by atoms with E-state index in [-0.39, 0.29) is 38.2 Å². The van der Waals surface area contributed by atoms with Crippen LogP contribution in [0.4, 0.5) is 0 Å². The van der Waals surface area contributed by atoms with Gasteiger partial charge >= 0.3 is 5.97 Å². The van der Waals surface area contributed by atoms with Crippen LogP contribution in [0, 0.1) is 0 Å². The smallest absolute Gasteiger partial charge is 0.328 e. The van der Waals surface area contributed by atoms with Crippen molar-refractivity contribution in [2.75, 3.05) is 13.2 Å². The van der Waals surface area contributed by atoms with Gasteiger partial charge in [-0.15, -0.1) is 0 Å². The van der Waals surface area contributed by atoms with Gasteiger partial charge < -0.3 is 89.5 Å². The van der Waals surface area contributed by atoms with Crippen molar-refractivity contribution in [3.8, 4) is 0 Å². The first-order valence-electron chi connectivity index (χ1n) is 22.2. The minimum absolute atomic E-state index is 0.0159. The summed E-state index contributed by atoms with van der Waals surface area (Å²) >= 11 is 0. The number of aldehydes is 1. The maximum Gasteiger partial charge on any atom is 0.328 e. The highest BCUT2D eigenvalue weighted by molar-refractivity contribution is 6.04. The number of hydrogen-bond donors (Lipinski definition) is 15. The molecule has 0 aromatic rings. The van der Waals surface area contributed by atoms with E-state index >= 15 is 0 Å². The second-order valence-corrected chi connectivity index (χ2v) is 16.2. The van der Waals surface area contributed by atoms with Gasteiger partial charge in [-0.25, -0.2) is 4.79 Å². The molecule has 29 heteroatoms. The fourth-order valence-electron chi connectivity index (χ4n) is 6.22. The van der Waals surface area contributed by atoms with Crippen LogP contribution in [0.1, 0.15) is 80.6 Å². The van der Waals surface area contributed by atoms with Gasteiger partial charge in [0.05, 0.1) is 17.9 Å². The second kappa shape index (κ2) is 30.2. The van der Waals surface area contributed by atoms with Crippen molar-refractivity contribution in [2.24, 2.45) is 16.5 Å². The standard InChI is InChI=1S/C42H67N13O16/c1-9-25-35(64)47-18(2)32(61)46-19(3)33(62)55-30(22(6)59)39(68)53-28(12-10-15-45-42(43)44)41(70)71-23(7)31(49-24(8)60)40(69)48-20(4)34(63)54-29(21(5)58)38(67)52-26(13-11-16-56)36(65)51-27(14-17-57)37(66)50-25/h9,16,18,20-23,26-31,57-59H,3,10-15,17H2,1-2,4-8H3,(H,46,61)(H,47,64)(H,48,69)(H,49,60)(H,50,66)(H,51,65)(H,52,67)(H,53,68)(H,54,63)(H,55,62)(H4,43,44,45)/b25-9-. The Balaban J connectivity index is 3.83. The van der Waals surface area contributed by atoms with Crippen LogP contribution in [0.2, 0.25) is 0 Å². The minimum Gasteiger partial charge on any atom is -0.458 e. The van der Waals surface area contributed by atoms with Crippen LogP contribution < -0.4 is 64.6 Å². The molecule has 0 saturated carbocycles. The maximum atomic E-state index is 13.7. The minimum atomic E-state index is -1.84. The highest BCUT2D eigenvalue weighted by Gasteiger charge is 2.37. The molecule has 29 nitrogen and oxygen atoms in total. The number of aliphatic hydroxyl groups is 3. The lowest BCUT2D eigenvalue weighted by atomic mass is 10.1.